The van der Waals surface area contributed by atoms with Gasteiger partial charge >= 0.3 is 5.97 Å². The number of aliphatic hydroxyl groups excluding tert-OH is 1. The zero-order chi connectivity index (χ0) is 33.3. The number of carboxylic acids is 1. The molecule has 2 aromatic carbocycles. The van der Waals surface area contributed by atoms with Crippen LogP contribution in [0.2, 0.25) is 0 Å². The van der Waals surface area contributed by atoms with E-state index in [1.807, 2.05) is 39.0 Å². The van der Waals surface area contributed by atoms with E-state index >= 15 is 0 Å². The molecule has 6 heteroatoms. The van der Waals surface area contributed by atoms with Crippen LogP contribution < -0.4 is 4.90 Å². The first-order valence-electron chi connectivity index (χ1n) is 17.7. The Bertz CT molecular complexity index is 1460. The number of nitrogens with zero attached hydrogens (tertiary/aromatic N) is 2. The Labute approximate surface area is 276 Å². The van der Waals surface area contributed by atoms with Crippen molar-refractivity contribution in [1.82, 2.24) is 0 Å². The molecular formula is C40H55N2O4+. The Morgan fingerprint density at radius 2 is 1.39 bits per heavy atom. The summed E-state index contributed by atoms with van der Waals surface area (Å²) in [6.07, 6.45) is 17.1. The third-order valence-corrected chi connectivity index (χ3v) is 9.78. The van der Waals surface area contributed by atoms with E-state index in [0.29, 0.717) is 17.7 Å². The van der Waals surface area contributed by atoms with Crippen molar-refractivity contribution in [2.75, 3.05) is 24.5 Å². The zero-order valence-electron chi connectivity index (χ0n) is 28.8. The van der Waals surface area contributed by atoms with Gasteiger partial charge in [-0.3, -0.25) is 4.79 Å². The number of anilines is 1. The number of ketones is 1. The van der Waals surface area contributed by atoms with Crippen LogP contribution in [0, 0.1) is 0 Å². The van der Waals surface area contributed by atoms with E-state index < -0.39 is 11.4 Å². The van der Waals surface area contributed by atoms with Crippen LogP contribution in [0.5, 0.6) is 0 Å². The van der Waals surface area contributed by atoms with Crippen LogP contribution in [0.25, 0.3) is 5.57 Å². The molecule has 0 saturated heterocycles. The van der Waals surface area contributed by atoms with E-state index in [1.54, 1.807) is 18.2 Å². The van der Waals surface area contributed by atoms with E-state index in [9.17, 15) is 19.8 Å². The number of unbranched alkanes of at least 4 members (excludes halogenated alkanes) is 10. The van der Waals surface area contributed by atoms with Crippen molar-refractivity contribution in [2.24, 2.45) is 0 Å². The Morgan fingerprint density at radius 3 is 1.91 bits per heavy atom. The number of Topliss-reactive ketones (excluding diaryl/α,β-unsaturated/α-hetero) is 1. The minimum atomic E-state index is -0.966. The van der Waals surface area contributed by atoms with Gasteiger partial charge in [0.2, 0.25) is 11.5 Å². The molecule has 248 valence electrons. The molecular weight excluding hydrogens is 572 g/mol. The van der Waals surface area contributed by atoms with E-state index in [1.165, 1.54) is 82.7 Å². The summed E-state index contributed by atoms with van der Waals surface area (Å²) in [5, 5.41) is 20.7. The van der Waals surface area contributed by atoms with Crippen LogP contribution in [0.4, 0.5) is 11.4 Å². The van der Waals surface area contributed by atoms with Crippen molar-refractivity contribution < 1.29 is 24.4 Å². The first-order valence-corrected chi connectivity index (χ1v) is 17.7. The highest BCUT2D eigenvalue weighted by Gasteiger charge is 2.46. The van der Waals surface area contributed by atoms with Crippen molar-refractivity contribution in [3.63, 3.8) is 0 Å². The summed E-state index contributed by atoms with van der Waals surface area (Å²) < 4.78 is 2.10. The molecule has 0 fully saturated rings. The van der Waals surface area contributed by atoms with E-state index in [4.69, 9.17) is 0 Å². The molecule has 0 unspecified atom stereocenters. The molecule has 1 heterocycles. The molecule has 0 spiro atoms. The molecule has 2 N–H and O–H groups in total. The lowest BCUT2D eigenvalue weighted by molar-refractivity contribution is -0.433. The molecule has 0 aromatic heterocycles. The SMILES string of the molecule is CCCCCCCCN(CCCCCCCC)c1ccc(C2=C(O)C(=CC3=[N+](CC)c4ccc(C(=O)O)cc4C3(C)C)C2=O)cc1. The zero-order valence-corrected chi connectivity index (χ0v) is 28.8. The highest BCUT2D eigenvalue weighted by Crippen LogP contribution is 2.43. The van der Waals surface area contributed by atoms with Crippen LogP contribution in [-0.2, 0) is 10.2 Å². The summed E-state index contributed by atoms with van der Waals surface area (Å²) in [7, 11) is 0. The highest BCUT2D eigenvalue weighted by atomic mass is 16.4. The molecule has 2 aromatic rings. The van der Waals surface area contributed by atoms with Gasteiger partial charge in [0, 0.05) is 36.5 Å². The van der Waals surface area contributed by atoms with Gasteiger partial charge in [0.25, 0.3) is 0 Å². The highest BCUT2D eigenvalue weighted by molar-refractivity contribution is 6.40. The standard InChI is InChI=1S/C40H54N2O4/c1-6-9-11-13-15-17-25-41(26-18-16-14-12-10-7-2)31-22-19-29(20-23-31)36-37(43)32(38(36)44)28-35-40(4,5)33-27-30(39(45)46)21-24-34(33)42(35)8-3/h19-24,27-28H,6-18,25-26H2,1-5H3,(H-,43,44,45,46)/p+1. The molecule has 0 amide bonds. The van der Waals surface area contributed by atoms with Crippen molar-refractivity contribution in [3.05, 3.63) is 76.6 Å². The first kappa shape index (κ1) is 35.2. The average molecular weight is 628 g/mol. The predicted molar refractivity (Wildman–Crippen MR) is 190 cm³/mol. The fraction of sp³-hybridized carbons (Fsp3) is 0.525. The Balaban J connectivity index is 1.51. The molecule has 1 aliphatic carbocycles. The monoisotopic (exact) mass is 627 g/mol. The Kier molecular flexibility index (Phi) is 12.4. The summed E-state index contributed by atoms with van der Waals surface area (Å²) in [6, 6.07) is 13.3. The number of aliphatic hydroxyl groups is 1. The van der Waals surface area contributed by atoms with Crippen LogP contribution >= 0.6 is 0 Å². The molecule has 6 nitrogen and oxygen atoms in total. The van der Waals surface area contributed by atoms with E-state index in [0.717, 1.165) is 35.6 Å². The number of carbonyl (C=O) groups excluding carboxylic acids is 1. The summed E-state index contributed by atoms with van der Waals surface area (Å²) in [5.41, 5.74) is 4.99. The molecule has 1 aliphatic heterocycles. The second-order valence-corrected chi connectivity index (χ2v) is 13.5. The molecule has 46 heavy (non-hydrogen) atoms. The number of benzene rings is 2. The summed E-state index contributed by atoms with van der Waals surface area (Å²) in [6.45, 7) is 13.3. The minimum Gasteiger partial charge on any atom is -0.506 e. The number of fused-ring (bicyclic) bond motifs is 1. The van der Waals surface area contributed by atoms with Crippen LogP contribution in [0.1, 0.15) is 133 Å². The number of aromatic carboxylic acids is 1. The first-order chi connectivity index (χ1) is 22.1. The third kappa shape index (κ3) is 7.82. The average Bonchev–Trinajstić information content (AvgIpc) is 3.27. The number of allylic oxidation sites excluding steroid dienone is 3. The van der Waals surface area contributed by atoms with Crippen molar-refractivity contribution >= 4 is 34.4 Å². The molecule has 0 bridgehead atoms. The lowest BCUT2D eigenvalue weighted by Crippen LogP contribution is -2.31. The van der Waals surface area contributed by atoms with Gasteiger partial charge in [0.15, 0.2) is 5.71 Å². The molecule has 0 radical (unpaired) electrons. The number of rotatable bonds is 19. The van der Waals surface area contributed by atoms with E-state index in [2.05, 4.69) is 35.5 Å². The molecule has 2 aliphatic rings. The van der Waals surface area contributed by atoms with Gasteiger partial charge in [-0.05, 0) is 63.4 Å². The van der Waals surface area contributed by atoms with Gasteiger partial charge in [-0.15, -0.1) is 0 Å². The smallest absolute Gasteiger partial charge is 0.335 e. The van der Waals surface area contributed by atoms with Gasteiger partial charge in [-0.2, -0.15) is 4.58 Å². The second-order valence-electron chi connectivity index (χ2n) is 13.5. The van der Waals surface area contributed by atoms with Crippen LogP contribution in [0.3, 0.4) is 0 Å². The Morgan fingerprint density at radius 1 is 0.826 bits per heavy atom. The molecule has 4 rings (SSSR count). The maximum absolute atomic E-state index is 13.5. The van der Waals surface area contributed by atoms with Crippen LogP contribution in [-0.4, -0.2) is 51.9 Å². The second kappa shape index (κ2) is 16.2. The lowest BCUT2D eigenvalue weighted by Gasteiger charge is -2.26. The maximum Gasteiger partial charge on any atom is 0.335 e. The van der Waals surface area contributed by atoms with Crippen molar-refractivity contribution in [1.29, 1.82) is 0 Å². The maximum atomic E-state index is 13.5. The lowest BCUT2D eigenvalue weighted by atomic mass is 9.77. The minimum absolute atomic E-state index is 0.0234. The molecule has 0 saturated carbocycles. The predicted octanol–water partition coefficient (Wildman–Crippen LogP) is 9.79. The fourth-order valence-corrected chi connectivity index (χ4v) is 6.94. The number of hydrogen-bond acceptors (Lipinski definition) is 4. The van der Waals surface area contributed by atoms with Gasteiger partial charge in [-0.1, -0.05) is 90.2 Å². The number of carboxylic acid groups (broad SMARTS) is 1. The van der Waals surface area contributed by atoms with Gasteiger partial charge in [0.1, 0.15) is 12.3 Å². The fourth-order valence-electron chi connectivity index (χ4n) is 6.94. The quantitative estimate of drug-likeness (QED) is 0.0921. The van der Waals surface area contributed by atoms with Gasteiger partial charge in [0.05, 0.1) is 22.1 Å². The summed E-state index contributed by atoms with van der Waals surface area (Å²) >= 11 is 0. The number of hydrogen-bond donors (Lipinski definition) is 2. The summed E-state index contributed by atoms with van der Waals surface area (Å²) in [4.78, 5) is 27.6. The topological polar surface area (TPSA) is 80.8 Å². The van der Waals surface area contributed by atoms with Crippen molar-refractivity contribution in [3.8, 4) is 0 Å². The number of carbonyl (C=O) groups is 2. The third-order valence-electron chi connectivity index (χ3n) is 9.78. The summed E-state index contributed by atoms with van der Waals surface area (Å²) in [5.74, 6) is -1.11. The van der Waals surface area contributed by atoms with Crippen molar-refractivity contribution in [2.45, 2.75) is 117 Å². The normalized spacial score (nSPS) is 16.3. The Hall–Kier alpha value is -3.67. The van der Waals surface area contributed by atoms with Gasteiger partial charge < -0.3 is 15.1 Å². The van der Waals surface area contributed by atoms with Gasteiger partial charge in [-0.25, -0.2) is 4.79 Å². The largest absolute Gasteiger partial charge is 0.506 e. The molecule has 0 atom stereocenters. The van der Waals surface area contributed by atoms with E-state index in [-0.39, 0.29) is 17.1 Å². The van der Waals surface area contributed by atoms with Crippen LogP contribution in [0.15, 0.2) is 59.9 Å².